The fourth-order valence-corrected chi connectivity index (χ4v) is 2.53. The van der Waals surface area contributed by atoms with Gasteiger partial charge in [0.2, 0.25) is 0 Å². The molecule has 0 amide bonds. The van der Waals surface area contributed by atoms with E-state index in [9.17, 15) is 0 Å². The Morgan fingerprint density at radius 1 is 1.41 bits per heavy atom. The largest absolute Gasteiger partial charge is 0.497 e. The molecule has 2 N–H and O–H groups in total. The molecule has 1 saturated heterocycles. The van der Waals surface area contributed by atoms with Crippen molar-refractivity contribution in [2.45, 2.75) is 18.9 Å². The van der Waals surface area contributed by atoms with Gasteiger partial charge in [-0.1, -0.05) is 17.7 Å². The monoisotopic (exact) mass is 255 g/mol. The van der Waals surface area contributed by atoms with Crippen molar-refractivity contribution in [3.63, 3.8) is 0 Å². The molecule has 1 aromatic carbocycles. The predicted octanol–water partition coefficient (Wildman–Crippen LogP) is 2.78. The molecule has 1 unspecified atom stereocenters. The molecular weight excluding hydrogens is 238 g/mol. The van der Waals surface area contributed by atoms with E-state index >= 15 is 0 Å². The summed E-state index contributed by atoms with van der Waals surface area (Å²) in [6.07, 6.45) is 2.01. The number of ether oxygens (including phenoxy) is 2. The first kappa shape index (κ1) is 12.7. The van der Waals surface area contributed by atoms with Crippen molar-refractivity contribution in [3.8, 4) is 5.75 Å². The number of methoxy groups -OCH3 is 1. The second kappa shape index (κ2) is 5.71. The van der Waals surface area contributed by atoms with E-state index in [2.05, 4.69) is 0 Å². The number of nitrogens with two attached hydrogens (primary N) is 1. The lowest BCUT2D eigenvalue weighted by atomic mass is 9.88. The van der Waals surface area contributed by atoms with E-state index in [1.54, 1.807) is 7.11 Å². The highest BCUT2D eigenvalue weighted by Gasteiger charge is 2.23. The summed E-state index contributed by atoms with van der Waals surface area (Å²) in [5, 5.41) is 0.684. The highest BCUT2D eigenvalue weighted by Crippen LogP contribution is 2.33. The van der Waals surface area contributed by atoms with Crippen LogP contribution in [0.3, 0.4) is 0 Å². The molecule has 1 aromatic rings. The highest BCUT2D eigenvalue weighted by molar-refractivity contribution is 6.31. The summed E-state index contributed by atoms with van der Waals surface area (Å²) in [6.45, 7) is 1.60. The predicted molar refractivity (Wildman–Crippen MR) is 68.5 cm³/mol. The molecule has 1 fully saturated rings. The van der Waals surface area contributed by atoms with Crippen LogP contribution in [-0.4, -0.2) is 20.3 Å². The number of halogens is 1. The van der Waals surface area contributed by atoms with Crippen molar-refractivity contribution in [3.05, 3.63) is 28.8 Å². The van der Waals surface area contributed by atoms with Gasteiger partial charge in [-0.2, -0.15) is 0 Å². The van der Waals surface area contributed by atoms with Crippen LogP contribution in [0.1, 0.15) is 24.4 Å². The van der Waals surface area contributed by atoms with E-state index in [4.69, 9.17) is 26.8 Å². The van der Waals surface area contributed by atoms with Gasteiger partial charge in [0, 0.05) is 24.3 Å². The summed E-state index contributed by atoms with van der Waals surface area (Å²) < 4.78 is 10.5. The molecule has 94 valence electrons. The smallest absolute Gasteiger partial charge is 0.120 e. The Hall–Kier alpha value is -0.770. The van der Waals surface area contributed by atoms with Crippen LogP contribution >= 0.6 is 11.6 Å². The summed E-state index contributed by atoms with van der Waals surface area (Å²) in [6, 6.07) is 5.66. The van der Waals surface area contributed by atoms with Gasteiger partial charge in [-0.3, -0.25) is 0 Å². The zero-order chi connectivity index (χ0) is 12.3. The van der Waals surface area contributed by atoms with E-state index in [0.29, 0.717) is 10.9 Å². The quantitative estimate of drug-likeness (QED) is 0.903. The standard InChI is InChI=1S/C13H18ClNO2/c1-16-10-2-3-11(12(14)8-10)13(15)9-4-6-17-7-5-9/h2-3,8-9,13H,4-7,15H2,1H3. The topological polar surface area (TPSA) is 44.5 Å². The van der Waals surface area contributed by atoms with Crippen LogP contribution in [0.5, 0.6) is 5.75 Å². The SMILES string of the molecule is COc1ccc(C(N)C2CCOCC2)c(Cl)c1. The molecule has 0 spiro atoms. The summed E-state index contributed by atoms with van der Waals surface area (Å²) in [4.78, 5) is 0. The number of hydrogen-bond donors (Lipinski definition) is 1. The molecule has 1 aliphatic heterocycles. The first-order valence-corrected chi connectivity index (χ1v) is 6.27. The van der Waals surface area contributed by atoms with E-state index in [1.807, 2.05) is 18.2 Å². The minimum atomic E-state index is -0.0164. The molecule has 4 heteroatoms. The third kappa shape index (κ3) is 2.92. The van der Waals surface area contributed by atoms with Gasteiger partial charge >= 0.3 is 0 Å². The summed E-state index contributed by atoms with van der Waals surface area (Å²) in [7, 11) is 1.63. The highest BCUT2D eigenvalue weighted by atomic mass is 35.5. The van der Waals surface area contributed by atoms with Crippen LogP contribution in [0.15, 0.2) is 18.2 Å². The molecule has 1 heterocycles. The maximum absolute atomic E-state index is 6.28. The van der Waals surface area contributed by atoms with Gasteiger partial charge < -0.3 is 15.2 Å². The van der Waals surface area contributed by atoms with Crippen LogP contribution in [-0.2, 0) is 4.74 Å². The first-order chi connectivity index (χ1) is 8.22. The van der Waals surface area contributed by atoms with E-state index in [0.717, 1.165) is 37.4 Å². The second-order valence-electron chi connectivity index (χ2n) is 4.36. The minimum Gasteiger partial charge on any atom is -0.497 e. The average Bonchev–Trinajstić information content (AvgIpc) is 2.39. The summed E-state index contributed by atoms with van der Waals surface area (Å²) in [5.74, 6) is 1.22. The van der Waals surface area contributed by atoms with E-state index in [-0.39, 0.29) is 6.04 Å². The third-order valence-electron chi connectivity index (χ3n) is 3.34. The fourth-order valence-electron chi connectivity index (χ4n) is 2.23. The number of benzene rings is 1. The fraction of sp³-hybridized carbons (Fsp3) is 0.538. The molecule has 1 atom stereocenters. The van der Waals surface area contributed by atoms with Crippen molar-refractivity contribution >= 4 is 11.6 Å². The Morgan fingerprint density at radius 3 is 2.71 bits per heavy atom. The van der Waals surface area contributed by atoms with Crippen molar-refractivity contribution in [2.75, 3.05) is 20.3 Å². The molecule has 0 aromatic heterocycles. The van der Waals surface area contributed by atoms with Crippen molar-refractivity contribution in [2.24, 2.45) is 11.7 Å². The maximum Gasteiger partial charge on any atom is 0.120 e. The first-order valence-electron chi connectivity index (χ1n) is 5.89. The molecule has 0 aliphatic carbocycles. The second-order valence-corrected chi connectivity index (χ2v) is 4.77. The molecule has 0 bridgehead atoms. The summed E-state index contributed by atoms with van der Waals surface area (Å²) in [5.41, 5.74) is 7.28. The van der Waals surface area contributed by atoms with Gasteiger partial charge in [0.25, 0.3) is 0 Å². The third-order valence-corrected chi connectivity index (χ3v) is 3.67. The van der Waals surface area contributed by atoms with Crippen molar-refractivity contribution in [1.82, 2.24) is 0 Å². The Bertz CT molecular complexity index is 378. The Labute approximate surface area is 107 Å². The van der Waals surface area contributed by atoms with Crippen LogP contribution in [0.25, 0.3) is 0 Å². The van der Waals surface area contributed by atoms with Gasteiger partial charge in [0.15, 0.2) is 0 Å². The average molecular weight is 256 g/mol. The van der Waals surface area contributed by atoms with Crippen LogP contribution in [0, 0.1) is 5.92 Å². The number of rotatable bonds is 3. The van der Waals surface area contributed by atoms with Gasteiger partial charge in [-0.25, -0.2) is 0 Å². The minimum absolute atomic E-state index is 0.0164. The van der Waals surface area contributed by atoms with Gasteiger partial charge in [-0.15, -0.1) is 0 Å². The van der Waals surface area contributed by atoms with Crippen LogP contribution in [0.2, 0.25) is 5.02 Å². The van der Waals surface area contributed by atoms with Gasteiger partial charge in [-0.05, 0) is 36.5 Å². The maximum atomic E-state index is 6.28. The van der Waals surface area contributed by atoms with Gasteiger partial charge in [0.05, 0.1) is 7.11 Å². The van der Waals surface area contributed by atoms with Crippen LogP contribution in [0.4, 0.5) is 0 Å². The lowest BCUT2D eigenvalue weighted by Crippen LogP contribution is -2.27. The molecule has 0 radical (unpaired) electrons. The molecule has 2 rings (SSSR count). The Kier molecular flexibility index (Phi) is 4.26. The molecule has 17 heavy (non-hydrogen) atoms. The van der Waals surface area contributed by atoms with Crippen LogP contribution < -0.4 is 10.5 Å². The zero-order valence-electron chi connectivity index (χ0n) is 9.99. The van der Waals surface area contributed by atoms with Crippen molar-refractivity contribution < 1.29 is 9.47 Å². The Morgan fingerprint density at radius 2 is 2.12 bits per heavy atom. The Balaban J connectivity index is 2.15. The number of hydrogen-bond acceptors (Lipinski definition) is 3. The van der Waals surface area contributed by atoms with E-state index in [1.165, 1.54) is 0 Å². The lowest BCUT2D eigenvalue weighted by molar-refractivity contribution is 0.0584. The normalized spacial score (nSPS) is 19.0. The molecular formula is C13H18ClNO2. The molecule has 0 saturated carbocycles. The summed E-state index contributed by atoms with van der Waals surface area (Å²) >= 11 is 6.23. The van der Waals surface area contributed by atoms with E-state index < -0.39 is 0 Å². The van der Waals surface area contributed by atoms with Crippen molar-refractivity contribution in [1.29, 1.82) is 0 Å². The zero-order valence-corrected chi connectivity index (χ0v) is 10.7. The molecule has 3 nitrogen and oxygen atoms in total. The van der Waals surface area contributed by atoms with Gasteiger partial charge in [0.1, 0.15) is 5.75 Å². The molecule has 1 aliphatic rings. The lowest BCUT2D eigenvalue weighted by Gasteiger charge is -2.28.